The van der Waals surface area contributed by atoms with Crippen molar-refractivity contribution in [3.8, 4) is 0 Å². The minimum absolute atomic E-state index is 0.0652. The van der Waals surface area contributed by atoms with Crippen molar-refractivity contribution < 1.29 is 9.53 Å². The van der Waals surface area contributed by atoms with Crippen LogP contribution in [0.3, 0.4) is 0 Å². The molecule has 0 saturated heterocycles. The second-order valence-corrected chi connectivity index (χ2v) is 8.13. The molecular formula is C24H23N3O2S. The number of hydrogen-bond donors (Lipinski definition) is 2. The van der Waals surface area contributed by atoms with E-state index in [9.17, 15) is 4.79 Å². The highest BCUT2D eigenvalue weighted by Gasteiger charge is 2.20. The van der Waals surface area contributed by atoms with Gasteiger partial charge in [0.25, 0.3) is 5.91 Å². The molecule has 0 fully saturated rings. The molecule has 2 aromatic rings. The van der Waals surface area contributed by atoms with Crippen molar-refractivity contribution >= 4 is 28.4 Å². The van der Waals surface area contributed by atoms with Gasteiger partial charge in [0.1, 0.15) is 0 Å². The number of nitrogens with one attached hydrogen (secondary N) is 2. The van der Waals surface area contributed by atoms with Crippen LogP contribution in [0.15, 0.2) is 94.7 Å². The minimum atomic E-state index is -0.288. The van der Waals surface area contributed by atoms with Crippen LogP contribution in [0.25, 0.3) is 0 Å². The Bertz CT molecular complexity index is 1040. The highest BCUT2D eigenvalue weighted by Crippen LogP contribution is 2.29. The van der Waals surface area contributed by atoms with Gasteiger partial charge in [-0.3, -0.25) is 4.79 Å². The number of aryl methyl sites for hydroxylation is 1. The molecular weight excluding hydrogens is 394 g/mol. The van der Waals surface area contributed by atoms with Crippen LogP contribution >= 0.6 is 11.8 Å². The Labute approximate surface area is 180 Å². The van der Waals surface area contributed by atoms with Crippen molar-refractivity contribution in [1.29, 1.82) is 0 Å². The van der Waals surface area contributed by atoms with Crippen molar-refractivity contribution in [2.24, 2.45) is 4.99 Å². The van der Waals surface area contributed by atoms with Gasteiger partial charge in [-0.05, 0) is 36.3 Å². The first-order valence-electron chi connectivity index (χ1n) is 9.80. The van der Waals surface area contributed by atoms with Crippen LogP contribution in [0.1, 0.15) is 17.5 Å². The lowest BCUT2D eigenvalue weighted by Crippen LogP contribution is -2.23. The molecule has 0 aliphatic carbocycles. The minimum Gasteiger partial charge on any atom is -0.475 e. The summed E-state index contributed by atoms with van der Waals surface area (Å²) in [6.07, 6.45) is 7.70. The molecule has 0 aromatic heterocycles. The number of aliphatic imine (C=N–C) groups is 1. The van der Waals surface area contributed by atoms with Gasteiger partial charge in [0.15, 0.2) is 6.23 Å². The molecule has 4 rings (SSSR count). The normalized spacial score (nSPS) is 19.1. The summed E-state index contributed by atoms with van der Waals surface area (Å²) in [5, 5.41) is 7.19. The maximum atomic E-state index is 12.4. The first kappa shape index (κ1) is 20.0. The summed E-state index contributed by atoms with van der Waals surface area (Å²) in [6, 6.07) is 18.0. The van der Waals surface area contributed by atoms with E-state index in [4.69, 9.17) is 9.73 Å². The average Bonchev–Trinajstić information content (AvgIpc) is 3.22. The zero-order chi connectivity index (χ0) is 20.8. The summed E-state index contributed by atoms with van der Waals surface area (Å²) in [7, 11) is 0. The topological polar surface area (TPSA) is 62.7 Å². The number of amides is 1. The number of carbonyl (C=O) groups excluding carboxylic acids is 1. The van der Waals surface area contributed by atoms with E-state index in [0.717, 1.165) is 22.0 Å². The van der Waals surface area contributed by atoms with Crippen molar-refractivity contribution in [2.45, 2.75) is 26.1 Å². The molecule has 1 amide bonds. The Balaban J connectivity index is 1.33. The van der Waals surface area contributed by atoms with E-state index in [2.05, 4.69) is 29.7 Å². The Morgan fingerprint density at radius 1 is 1.20 bits per heavy atom. The first-order valence-corrected chi connectivity index (χ1v) is 10.6. The zero-order valence-corrected chi connectivity index (χ0v) is 17.5. The third kappa shape index (κ3) is 5.42. The number of allylic oxidation sites excluding steroid dienone is 2. The van der Waals surface area contributed by atoms with E-state index in [1.807, 2.05) is 60.7 Å². The summed E-state index contributed by atoms with van der Waals surface area (Å²) in [4.78, 5) is 17.8. The molecule has 5 nitrogen and oxygen atoms in total. The lowest BCUT2D eigenvalue weighted by atomic mass is 10.2. The monoisotopic (exact) mass is 417 g/mol. The van der Waals surface area contributed by atoms with E-state index in [1.165, 1.54) is 17.3 Å². The molecule has 0 bridgehead atoms. The molecule has 1 atom stereocenters. The van der Waals surface area contributed by atoms with Gasteiger partial charge < -0.3 is 15.4 Å². The molecule has 0 radical (unpaired) electrons. The summed E-state index contributed by atoms with van der Waals surface area (Å²) >= 11 is 1.42. The number of nitrogens with zero attached hydrogens (tertiary/aromatic N) is 1. The van der Waals surface area contributed by atoms with Gasteiger partial charge in [-0.25, -0.2) is 4.99 Å². The van der Waals surface area contributed by atoms with Crippen molar-refractivity contribution in [3.05, 3.63) is 101 Å². The van der Waals surface area contributed by atoms with Crippen LogP contribution in [0.2, 0.25) is 0 Å². The van der Waals surface area contributed by atoms with Crippen LogP contribution < -0.4 is 10.6 Å². The maximum absolute atomic E-state index is 12.4. The predicted molar refractivity (Wildman–Crippen MR) is 123 cm³/mol. The second kappa shape index (κ2) is 9.50. The fourth-order valence-corrected chi connectivity index (χ4v) is 4.00. The van der Waals surface area contributed by atoms with E-state index in [1.54, 1.807) is 6.26 Å². The molecule has 6 heteroatoms. The lowest BCUT2D eigenvalue weighted by molar-refractivity contribution is -0.116. The molecule has 2 heterocycles. The number of thioether (sulfide) groups is 1. The Hall–Kier alpha value is -3.25. The molecule has 1 unspecified atom stereocenters. The number of benzene rings is 2. The van der Waals surface area contributed by atoms with Gasteiger partial charge in [0.2, 0.25) is 0 Å². The van der Waals surface area contributed by atoms with Gasteiger partial charge in [-0.1, -0.05) is 60.3 Å². The number of carbonyl (C=O) groups is 1. The smallest absolute Gasteiger partial charge is 0.258 e. The summed E-state index contributed by atoms with van der Waals surface area (Å²) < 4.78 is 5.63. The molecule has 152 valence electrons. The summed E-state index contributed by atoms with van der Waals surface area (Å²) in [5.74, 6) is -0.0652. The van der Waals surface area contributed by atoms with Gasteiger partial charge in [0, 0.05) is 24.7 Å². The standard InChI is InChI=1S/C24H23N3O2S/c1-17-6-5-9-19(14-17)26-22-15-20(12-13-29-22)27-23-11-10-21(30-23)24(28)25-16-18-7-3-2-4-8-18/h2-10,12-15,22,26H,11,16H2,1H3,(H,25,28). The molecule has 2 aliphatic rings. The van der Waals surface area contributed by atoms with Crippen LogP contribution in [-0.2, 0) is 16.1 Å². The first-order chi connectivity index (χ1) is 14.7. The van der Waals surface area contributed by atoms with Crippen LogP contribution in [-0.4, -0.2) is 17.2 Å². The fraction of sp³-hybridized carbons (Fsp3) is 0.167. The molecule has 0 spiro atoms. The Morgan fingerprint density at radius 2 is 2.07 bits per heavy atom. The van der Waals surface area contributed by atoms with Crippen molar-refractivity contribution in [2.75, 3.05) is 5.32 Å². The van der Waals surface area contributed by atoms with Gasteiger partial charge in [-0.2, -0.15) is 0 Å². The SMILES string of the molecule is Cc1cccc(NC2C=C(N=C3CC=C(C(=O)NCc4ccccc4)S3)C=CO2)c1. The number of ether oxygens (including phenoxy) is 1. The van der Waals surface area contributed by atoms with Crippen molar-refractivity contribution in [3.63, 3.8) is 0 Å². The molecule has 0 saturated carbocycles. The third-order valence-electron chi connectivity index (χ3n) is 4.58. The molecule has 2 aliphatic heterocycles. The van der Waals surface area contributed by atoms with Gasteiger partial charge >= 0.3 is 0 Å². The van der Waals surface area contributed by atoms with Gasteiger partial charge in [0.05, 0.1) is 21.9 Å². The maximum Gasteiger partial charge on any atom is 0.258 e. The summed E-state index contributed by atoms with van der Waals surface area (Å²) in [6.45, 7) is 2.57. The van der Waals surface area contributed by atoms with Crippen LogP contribution in [0, 0.1) is 6.92 Å². The van der Waals surface area contributed by atoms with Crippen LogP contribution in [0.5, 0.6) is 0 Å². The molecule has 30 heavy (non-hydrogen) atoms. The molecule has 2 aromatic carbocycles. The third-order valence-corrected chi connectivity index (χ3v) is 5.64. The predicted octanol–water partition coefficient (Wildman–Crippen LogP) is 4.90. The van der Waals surface area contributed by atoms with E-state index < -0.39 is 0 Å². The van der Waals surface area contributed by atoms with Gasteiger partial charge in [-0.15, -0.1) is 0 Å². The Morgan fingerprint density at radius 3 is 2.90 bits per heavy atom. The van der Waals surface area contributed by atoms with Crippen molar-refractivity contribution in [1.82, 2.24) is 5.32 Å². The van der Waals surface area contributed by atoms with E-state index >= 15 is 0 Å². The quantitative estimate of drug-likeness (QED) is 0.702. The second-order valence-electron chi connectivity index (χ2n) is 7.01. The highest BCUT2D eigenvalue weighted by molar-refractivity contribution is 8.18. The average molecular weight is 418 g/mol. The number of anilines is 1. The number of rotatable bonds is 6. The zero-order valence-electron chi connectivity index (χ0n) is 16.7. The number of hydrogen-bond acceptors (Lipinski definition) is 5. The fourth-order valence-electron chi connectivity index (χ4n) is 3.10. The largest absolute Gasteiger partial charge is 0.475 e. The summed E-state index contributed by atoms with van der Waals surface area (Å²) in [5.41, 5.74) is 4.07. The van der Waals surface area contributed by atoms with Crippen LogP contribution in [0.4, 0.5) is 5.69 Å². The van der Waals surface area contributed by atoms with E-state index in [-0.39, 0.29) is 12.1 Å². The highest BCUT2D eigenvalue weighted by atomic mass is 32.2. The van der Waals surface area contributed by atoms with E-state index in [0.29, 0.717) is 17.9 Å². The Kier molecular flexibility index (Phi) is 6.35. The molecule has 2 N–H and O–H groups in total. The lowest BCUT2D eigenvalue weighted by Gasteiger charge is -2.19.